The summed E-state index contributed by atoms with van der Waals surface area (Å²) in [5, 5.41) is 0. The van der Waals surface area contributed by atoms with Crippen LogP contribution in [0.25, 0.3) is 0 Å². The van der Waals surface area contributed by atoms with Crippen molar-refractivity contribution in [2.24, 2.45) is 11.8 Å². The Labute approximate surface area is 146 Å². The zero-order chi connectivity index (χ0) is 17.5. The number of anilines is 1. The van der Waals surface area contributed by atoms with Gasteiger partial charge in [0.1, 0.15) is 0 Å². The summed E-state index contributed by atoms with van der Waals surface area (Å²) in [5.74, 6) is 1.02. The van der Waals surface area contributed by atoms with Crippen molar-refractivity contribution in [1.82, 2.24) is 0 Å². The molecule has 0 unspecified atom stereocenters. The van der Waals surface area contributed by atoms with Crippen molar-refractivity contribution in [3.63, 3.8) is 0 Å². The zero-order valence-corrected chi connectivity index (χ0v) is 15.2. The van der Waals surface area contributed by atoms with E-state index in [1.54, 1.807) is 6.42 Å². The van der Waals surface area contributed by atoms with Crippen LogP contribution >= 0.6 is 0 Å². The number of hydrogen-bond donors (Lipinski definition) is 0. The van der Waals surface area contributed by atoms with Crippen LogP contribution in [0.15, 0.2) is 54.6 Å². The molecule has 0 aliphatic rings. The average molecular weight is 322 g/mol. The monoisotopic (exact) mass is 322 g/mol. The Hall–Kier alpha value is -2.09. The first-order chi connectivity index (χ1) is 11.5. The van der Waals surface area contributed by atoms with Crippen LogP contribution in [0.2, 0.25) is 0 Å². The lowest BCUT2D eigenvalue weighted by Crippen LogP contribution is -2.34. The van der Waals surface area contributed by atoms with E-state index in [9.17, 15) is 4.79 Å². The minimum atomic E-state index is 0.0473. The highest BCUT2D eigenvalue weighted by atomic mass is 16.2. The molecule has 0 fully saturated rings. The van der Waals surface area contributed by atoms with Gasteiger partial charge in [-0.15, -0.1) is 0 Å². The Morgan fingerprint density at radius 2 is 1.54 bits per heavy atom. The fourth-order valence-electron chi connectivity index (χ4n) is 2.81. The van der Waals surface area contributed by atoms with Crippen molar-refractivity contribution in [3.05, 3.63) is 72.1 Å². The van der Waals surface area contributed by atoms with Gasteiger partial charge in [-0.05, 0) is 41.5 Å². The maximum Gasteiger partial charge on any atom is 0.235 e. The van der Waals surface area contributed by atoms with Gasteiger partial charge >= 0.3 is 0 Å². The molecule has 0 spiro atoms. The molecule has 1 radical (unpaired) electrons. The van der Waals surface area contributed by atoms with E-state index in [4.69, 9.17) is 0 Å². The van der Waals surface area contributed by atoms with E-state index in [2.05, 4.69) is 33.8 Å². The SMILES string of the molecule is CC(C)Cc1ccccc1[CH]C(=O)N(CC(C)C)c1ccccc1. The smallest absolute Gasteiger partial charge is 0.235 e. The van der Waals surface area contributed by atoms with E-state index in [-0.39, 0.29) is 5.91 Å². The Balaban J connectivity index is 2.22. The Bertz CT molecular complexity index is 646. The lowest BCUT2D eigenvalue weighted by atomic mass is 9.96. The van der Waals surface area contributed by atoms with Gasteiger partial charge in [-0.2, -0.15) is 0 Å². The molecule has 0 saturated heterocycles. The van der Waals surface area contributed by atoms with Gasteiger partial charge in [-0.25, -0.2) is 0 Å². The summed E-state index contributed by atoms with van der Waals surface area (Å²) in [6.07, 6.45) is 2.77. The molecule has 0 aromatic heterocycles. The maximum atomic E-state index is 13.0. The number of nitrogens with zero attached hydrogens (tertiary/aromatic N) is 1. The van der Waals surface area contributed by atoms with Crippen molar-refractivity contribution in [2.45, 2.75) is 34.1 Å². The molecule has 0 bridgehead atoms. The number of rotatable bonds is 7. The molecule has 1 amide bonds. The molecule has 0 N–H and O–H groups in total. The van der Waals surface area contributed by atoms with Crippen molar-refractivity contribution >= 4 is 11.6 Å². The summed E-state index contributed by atoms with van der Waals surface area (Å²) in [6.45, 7) is 9.39. The highest BCUT2D eigenvalue weighted by Gasteiger charge is 2.19. The Morgan fingerprint density at radius 3 is 2.17 bits per heavy atom. The van der Waals surface area contributed by atoms with Gasteiger partial charge in [-0.1, -0.05) is 70.2 Å². The largest absolute Gasteiger partial charge is 0.312 e. The molecule has 2 aromatic carbocycles. The van der Waals surface area contributed by atoms with Gasteiger partial charge in [-0.3, -0.25) is 4.79 Å². The van der Waals surface area contributed by atoms with Gasteiger partial charge in [0.2, 0.25) is 5.91 Å². The van der Waals surface area contributed by atoms with E-state index in [1.807, 2.05) is 53.4 Å². The molecule has 0 saturated carbocycles. The van der Waals surface area contributed by atoms with Crippen LogP contribution < -0.4 is 4.90 Å². The fourth-order valence-corrected chi connectivity index (χ4v) is 2.81. The molecule has 0 atom stereocenters. The number of para-hydroxylation sites is 1. The Kier molecular flexibility index (Phi) is 6.60. The van der Waals surface area contributed by atoms with E-state index < -0.39 is 0 Å². The number of amides is 1. The molecular weight excluding hydrogens is 294 g/mol. The summed E-state index contributed by atoms with van der Waals surface area (Å²) < 4.78 is 0. The van der Waals surface area contributed by atoms with E-state index >= 15 is 0 Å². The minimum Gasteiger partial charge on any atom is -0.312 e. The summed E-state index contributed by atoms with van der Waals surface area (Å²) in [7, 11) is 0. The number of carbonyl (C=O) groups is 1. The summed E-state index contributed by atoms with van der Waals surface area (Å²) in [6, 6.07) is 18.1. The summed E-state index contributed by atoms with van der Waals surface area (Å²) in [5.41, 5.74) is 3.22. The standard InChI is InChI=1S/C22H28NO/c1-17(2)14-19-10-8-9-11-20(19)15-22(24)23(16-18(3)4)21-12-6-5-7-13-21/h5-13,15,17-18H,14,16H2,1-4H3. The zero-order valence-electron chi connectivity index (χ0n) is 15.2. The first-order valence-corrected chi connectivity index (χ1v) is 8.76. The van der Waals surface area contributed by atoms with Gasteiger partial charge < -0.3 is 4.90 Å². The van der Waals surface area contributed by atoms with E-state index in [1.165, 1.54) is 5.56 Å². The van der Waals surface area contributed by atoms with Crippen LogP contribution in [-0.2, 0) is 11.2 Å². The van der Waals surface area contributed by atoms with Crippen LogP contribution in [-0.4, -0.2) is 12.5 Å². The molecule has 127 valence electrons. The second kappa shape index (κ2) is 8.68. The van der Waals surface area contributed by atoms with Crippen LogP contribution in [0.1, 0.15) is 38.8 Å². The third kappa shape index (κ3) is 5.23. The first-order valence-electron chi connectivity index (χ1n) is 8.76. The molecule has 2 heteroatoms. The van der Waals surface area contributed by atoms with E-state index in [0.29, 0.717) is 18.4 Å². The fraction of sp³-hybridized carbons (Fsp3) is 0.364. The third-order valence-electron chi connectivity index (χ3n) is 3.84. The number of carbonyl (C=O) groups excluding carboxylic acids is 1. The topological polar surface area (TPSA) is 20.3 Å². The third-order valence-corrected chi connectivity index (χ3v) is 3.84. The molecule has 2 rings (SSSR count). The predicted molar refractivity (Wildman–Crippen MR) is 102 cm³/mol. The Morgan fingerprint density at radius 1 is 0.917 bits per heavy atom. The summed E-state index contributed by atoms with van der Waals surface area (Å²) >= 11 is 0. The number of hydrogen-bond acceptors (Lipinski definition) is 1. The van der Waals surface area contributed by atoms with Gasteiger partial charge in [0.05, 0.1) is 6.42 Å². The highest BCUT2D eigenvalue weighted by Crippen LogP contribution is 2.20. The van der Waals surface area contributed by atoms with E-state index in [0.717, 1.165) is 17.7 Å². The van der Waals surface area contributed by atoms with Crippen molar-refractivity contribution < 1.29 is 4.79 Å². The number of benzene rings is 2. The molecule has 2 nitrogen and oxygen atoms in total. The molecule has 0 aliphatic heterocycles. The molecular formula is C22H28NO. The minimum absolute atomic E-state index is 0.0473. The molecule has 2 aromatic rings. The predicted octanol–water partition coefficient (Wildman–Crippen LogP) is 5.13. The van der Waals surface area contributed by atoms with Gasteiger partial charge in [0.15, 0.2) is 0 Å². The van der Waals surface area contributed by atoms with Crippen LogP contribution in [0.5, 0.6) is 0 Å². The average Bonchev–Trinajstić information content (AvgIpc) is 2.54. The van der Waals surface area contributed by atoms with Gasteiger partial charge in [0.25, 0.3) is 0 Å². The maximum absolute atomic E-state index is 13.0. The lowest BCUT2D eigenvalue weighted by Gasteiger charge is -2.25. The second-order valence-corrected chi connectivity index (χ2v) is 7.12. The first kappa shape index (κ1) is 18.3. The normalized spacial score (nSPS) is 11.1. The van der Waals surface area contributed by atoms with Crippen molar-refractivity contribution in [1.29, 1.82) is 0 Å². The van der Waals surface area contributed by atoms with Gasteiger partial charge in [0, 0.05) is 12.2 Å². The quantitative estimate of drug-likeness (QED) is 0.692. The molecule has 24 heavy (non-hydrogen) atoms. The highest BCUT2D eigenvalue weighted by molar-refractivity contribution is 6.01. The molecule has 0 aliphatic carbocycles. The molecule has 0 heterocycles. The summed E-state index contributed by atoms with van der Waals surface area (Å²) in [4.78, 5) is 14.8. The van der Waals surface area contributed by atoms with Crippen molar-refractivity contribution in [3.8, 4) is 0 Å². The van der Waals surface area contributed by atoms with Crippen LogP contribution in [0, 0.1) is 18.3 Å². The van der Waals surface area contributed by atoms with Crippen LogP contribution in [0.3, 0.4) is 0 Å². The lowest BCUT2D eigenvalue weighted by molar-refractivity contribution is -0.115. The van der Waals surface area contributed by atoms with Crippen molar-refractivity contribution in [2.75, 3.05) is 11.4 Å². The second-order valence-electron chi connectivity index (χ2n) is 7.12. The van der Waals surface area contributed by atoms with Crippen LogP contribution in [0.4, 0.5) is 5.69 Å².